The molecular formula is C23H29NO3. The second-order valence-corrected chi connectivity index (χ2v) is 7.32. The molecule has 1 aliphatic carbocycles. The van der Waals surface area contributed by atoms with Crippen LogP contribution in [0.15, 0.2) is 36.4 Å². The minimum Gasteiger partial charge on any atom is -0.493 e. The summed E-state index contributed by atoms with van der Waals surface area (Å²) in [4.78, 5) is 12.6. The van der Waals surface area contributed by atoms with E-state index in [2.05, 4.69) is 25.2 Å². The predicted molar refractivity (Wildman–Crippen MR) is 108 cm³/mol. The molecule has 0 spiro atoms. The lowest BCUT2D eigenvalue weighted by atomic mass is 10.1. The molecule has 1 saturated carbocycles. The summed E-state index contributed by atoms with van der Waals surface area (Å²) >= 11 is 0. The van der Waals surface area contributed by atoms with Gasteiger partial charge in [-0.15, -0.1) is 0 Å². The Balaban J connectivity index is 1.75. The highest BCUT2D eigenvalue weighted by Crippen LogP contribution is 2.25. The predicted octanol–water partition coefficient (Wildman–Crippen LogP) is 4.95. The maximum atomic E-state index is 12.6. The first-order valence-electron chi connectivity index (χ1n) is 9.83. The zero-order valence-corrected chi connectivity index (χ0v) is 16.5. The molecule has 3 rings (SSSR count). The number of carbonyl (C=O) groups is 1. The minimum atomic E-state index is -0.0161. The maximum Gasteiger partial charge on any atom is 0.251 e. The molecule has 0 radical (unpaired) electrons. The standard InChI is InChI=1S/C23H29NO3/c1-4-26-22-10-9-18(23(25)24-20-7-5-6-8-20)14-19(22)15-27-21-12-16(2)11-17(3)13-21/h9-14,20H,4-8,15H2,1-3H3,(H,24,25). The molecule has 0 heterocycles. The molecule has 4 heteroatoms. The topological polar surface area (TPSA) is 47.6 Å². The summed E-state index contributed by atoms with van der Waals surface area (Å²) in [7, 11) is 0. The fourth-order valence-corrected chi connectivity index (χ4v) is 3.65. The number of hydrogen-bond donors (Lipinski definition) is 1. The van der Waals surface area contributed by atoms with Crippen molar-refractivity contribution in [3.05, 3.63) is 58.7 Å². The molecule has 0 atom stereocenters. The molecule has 0 saturated heterocycles. The van der Waals surface area contributed by atoms with Gasteiger partial charge < -0.3 is 14.8 Å². The van der Waals surface area contributed by atoms with Crippen molar-refractivity contribution in [1.82, 2.24) is 5.32 Å². The van der Waals surface area contributed by atoms with Gasteiger partial charge in [-0.25, -0.2) is 0 Å². The first-order chi connectivity index (χ1) is 13.0. The van der Waals surface area contributed by atoms with Gasteiger partial charge in [0.05, 0.1) is 6.61 Å². The number of benzene rings is 2. The Morgan fingerprint density at radius 2 is 1.74 bits per heavy atom. The molecule has 0 aromatic heterocycles. The van der Waals surface area contributed by atoms with E-state index < -0.39 is 0 Å². The quantitative estimate of drug-likeness (QED) is 0.753. The van der Waals surface area contributed by atoms with Crippen molar-refractivity contribution < 1.29 is 14.3 Å². The van der Waals surface area contributed by atoms with Crippen molar-refractivity contribution in [3.63, 3.8) is 0 Å². The SMILES string of the molecule is CCOc1ccc(C(=O)NC2CCCC2)cc1COc1cc(C)cc(C)c1. The van der Waals surface area contributed by atoms with E-state index in [0.29, 0.717) is 24.8 Å². The first kappa shape index (κ1) is 19.3. The van der Waals surface area contributed by atoms with Crippen molar-refractivity contribution >= 4 is 5.91 Å². The number of rotatable bonds is 7. The van der Waals surface area contributed by atoms with Gasteiger partial charge in [-0.2, -0.15) is 0 Å². The van der Waals surface area contributed by atoms with Crippen molar-refractivity contribution in [2.24, 2.45) is 0 Å². The highest BCUT2D eigenvalue weighted by atomic mass is 16.5. The Kier molecular flexibility index (Phi) is 6.38. The van der Waals surface area contributed by atoms with Crippen LogP contribution in [0, 0.1) is 13.8 Å². The molecule has 1 amide bonds. The van der Waals surface area contributed by atoms with E-state index in [9.17, 15) is 4.79 Å². The van der Waals surface area contributed by atoms with Crippen LogP contribution in [0.3, 0.4) is 0 Å². The van der Waals surface area contributed by atoms with Gasteiger partial charge in [0.15, 0.2) is 0 Å². The lowest BCUT2D eigenvalue weighted by molar-refractivity contribution is 0.0937. The normalized spacial score (nSPS) is 14.2. The summed E-state index contributed by atoms with van der Waals surface area (Å²) in [6.45, 7) is 7.00. The van der Waals surface area contributed by atoms with E-state index in [1.165, 1.54) is 24.0 Å². The van der Waals surface area contributed by atoms with Crippen LogP contribution in [-0.4, -0.2) is 18.6 Å². The van der Waals surface area contributed by atoms with Crippen LogP contribution >= 0.6 is 0 Å². The Morgan fingerprint density at radius 3 is 2.41 bits per heavy atom. The number of ether oxygens (including phenoxy) is 2. The molecule has 1 N–H and O–H groups in total. The summed E-state index contributed by atoms with van der Waals surface area (Å²) < 4.78 is 11.7. The third-order valence-corrected chi connectivity index (χ3v) is 4.90. The van der Waals surface area contributed by atoms with Crippen LogP contribution in [0.4, 0.5) is 0 Å². The van der Waals surface area contributed by atoms with Gasteiger partial charge in [0.1, 0.15) is 18.1 Å². The van der Waals surface area contributed by atoms with Crippen LogP contribution in [0.5, 0.6) is 11.5 Å². The number of carbonyl (C=O) groups excluding carboxylic acids is 1. The first-order valence-corrected chi connectivity index (χ1v) is 9.83. The lowest BCUT2D eigenvalue weighted by Gasteiger charge is -2.15. The molecule has 4 nitrogen and oxygen atoms in total. The second kappa shape index (κ2) is 8.94. The lowest BCUT2D eigenvalue weighted by Crippen LogP contribution is -2.32. The van der Waals surface area contributed by atoms with Crippen molar-refractivity contribution in [2.75, 3.05) is 6.61 Å². The van der Waals surface area contributed by atoms with Gasteiger partial charge in [0.2, 0.25) is 0 Å². The molecule has 0 bridgehead atoms. The Hall–Kier alpha value is -2.49. The number of amides is 1. The maximum absolute atomic E-state index is 12.6. The van der Waals surface area contributed by atoms with Gasteiger partial charge in [-0.1, -0.05) is 18.9 Å². The summed E-state index contributed by atoms with van der Waals surface area (Å²) in [6, 6.07) is 12.0. The molecule has 2 aromatic carbocycles. The van der Waals surface area contributed by atoms with E-state index >= 15 is 0 Å². The molecule has 1 aliphatic rings. The van der Waals surface area contributed by atoms with E-state index in [1.54, 1.807) is 0 Å². The summed E-state index contributed by atoms with van der Waals surface area (Å²) in [5, 5.41) is 3.14. The molecule has 0 unspecified atom stereocenters. The molecular weight excluding hydrogens is 338 g/mol. The van der Waals surface area contributed by atoms with Crippen LogP contribution < -0.4 is 14.8 Å². The highest BCUT2D eigenvalue weighted by molar-refractivity contribution is 5.94. The zero-order valence-electron chi connectivity index (χ0n) is 16.5. The second-order valence-electron chi connectivity index (χ2n) is 7.32. The van der Waals surface area contributed by atoms with Crippen molar-refractivity contribution in [3.8, 4) is 11.5 Å². The van der Waals surface area contributed by atoms with Gasteiger partial charge in [0.25, 0.3) is 5.91 Å². The van der Waals surface area contributed by atoms with Crippen LogP contribution in [0.2, 0.25) is 0 Å². The average Bonchev–Trinajstić information content (AvgIpc) is 3.13. The van der Waals surface area contributed by atoms with Gasteiger partial charge in [-0.3, -0.25) is 4.79 Å². The number of aryl methyl sites for hydroxylation is 2. The average molecular weight is 367 g/mol. The number of nitrogens with one attached hydrogen (secondary N) is 1. The van der Waals surface area contributed by atoms with Crippen LogP contribution in [0.25, 0.3) is 0 Å². The Labute approximate surface area is 161 Å². The number of hydrogen-bond acceptors (Lipinski definition) is 3. The van der Waals surface area contributed by atoms with Gasteiger partial charge in [0, 0.05) is 17.2 Å². The monoisotopic (exact) mass is 367 g/mol. The summed E-state index contributed by atoms with van der Waals surface area (Å²) in [5.41, 5.74) is 3.87. The molecule has 144 valence electrons. The largest absolute Gasteiger partial charge is 0.493 e. The summed E-state index contributed by atoms with van der Waals surface area (Å²) in [6.07, 6.45) is 4.54. The molecule has 0 aliphatic heterocycles. The van der Waals surface area contributed by atoms with Crippen LogP contribution in [0.1, 0.15) is 59.7 Å². The van der Waals surface area contributed by atoms with Crippen LogP contribution in [-0.2, 0) is 6.61 Å². The summed E-state index contributed by atoms with van der Waals surface area (Å²) in [5.74, 6) is 1.58. The fourth-order valence-electron chi connectivity index (χ4n) is 3.65. The van der Waals surface area contributed by atoms with Gasteiger partial charge >= 0.3 is 0 Å². The molecule has 27 heavy (non-hydrogen) atoms. The third-order valence-electron chi connectivity index (χ3n) is 4.90. The van der Waals surface area contributed by atoms with E-state index in [1.807, 2.05) is 37.3 Å². The molecule has 2 aromatic rings. The van der Waals surface area contributed by atoms with Gasteiger partial charge in [-0.05, 0) is 75.1 Å². The highest BCUT2D eigenvalue weighted by Gasteiger charge is 2.19. The van der Waals surface area contributed by atoms with E-state index in [-0.39, 0.29) is 5.91 Å². The minimum absolute atomic E-state index is 0.0161. The Bertz CT molecular complexity index is 774. The van der Waals surface area contributed by atoms with Crippen molar-refractivity contribution in [2.45, 2.75) is 59.1 Å². The smallest absolute Gasteiger partial charge is 0.251 e. The molecule has 1 fully saturated rings. The third kappa shape index (κ3) is 5.25. The fraction of sp³-hybridized carbons (Fsp3) is 0.435. The van der Waals surface area contributed by atoms with E-state index in [4.69, 9.17) is 9.47 Å². The van der Waals surface area contributed by atoms with E-state index in [0.717, 1.165) is 29.9 Å². The Morgan fingerprint density at radius 1 is 1.04 bits per heavy atom. The van der Waals surface area contributed by atoms with Crippen molar-refractivity contribution in [1.29, 1.82) is 0 Å². The zero-order chi connectivity index (χ0) is 19.2.